The first-order valence-corrected chi connectivity index (χ1v) is 6.90. The molecule has 1 aromatic carbocycles. The molecule has 0 heterocycles. The number of rotatable bonds is 3. The second kappa shape index (κ2) is 4.77. The molecule has 1 aliphatic rings. The van der Waals surface area contributed by atoms with Gasteiger partial charge in [0.05, 0.1) is 0 Å². The van der Waals surface area contributed by atoms with Gasteiger partial charge in [-0.25, -0.2) is 0 Å². The Kier molecular flexibility index (Phi) is 3.38. The Morgan fingerprint density at radius 1 is 1.13 bits per heavy atom. The maximum absolute atomic E-state index is 2.33. The molecular weight excluding hydrogens is 199 g/mol. The van der Waals surface area contributed by atoms with Crippen LogP contribution in [0.2, 0.25) is 0 Å². The van der Waals surface area contributed by atoms with E-state index in [1.165, 1.54) is 5.30 Å². The molecule has 78 valence electrons. The summed E-state index contributed by atoms with van der Waals surface area (Å²) in [6, 6.07) is 10.9. The number of hydrogen-bond donors (Lipinski definition) is 0. The van der Waals surface area contributed by atoms with Crippen LogP contribution in [0.4, 0.5) is 0 Å². The fraction of sp³-hybridized carbons (Fsp3) is 0.286. The number of hydrogen-bond acceptors (Lipinski definition) is 0. The van der Waals surface area contributed by atoms with Crippen LogP contribution in [0.1, 0.15) is 20.3 Å². The summed E-state index contributed by atoms with van der Waals surface area (Å²) in [6.07, 6.45) is 7.91. The molecule has 0 aromatic heterocycles. The normalized spacial score (nSPS) is 16.9. The summed E-state index contributed by atoms with van der Waals surface area (Å²) in [6.45, 7) is 4.66. The van der Waals surface area contributed by atoms with Crippen LogP contribution >= 0.6 is 7.92 Å². The first-order valence-electron chi connectivity index (χ1n) is 5.49. The molecule has 0 nitrogen and oxygen atoms in total. The summed E-state index contributed by atoms with van der Waals surface area (Å²) >= 11 is 0. The minimum Gasteiger partial charge on any atom is -0.0801 e. The van der Waals surface area contributed by atoms with Gasteiger partial charge in [-0.15, -0.1) is 0 Å². The monoisotopic (exact) mass is 216 g/mol. The third kappa shape index (κ3) is 2.38. The first kappa shape index (κ1) is 10.6. The van der Waals surface area contributed by atoms with Crippen LogP contribution in [-0.2, 0) is 0 Å². The van der Waals surface area contributed by atoms with E-state index in [0.717, 1.165) is 12.1 Å². The molecule has 1 aromatic rings. The highest BCUT2D eigenvalue weighted by molar-refractivity contribution is 7.70. The van der Waals surface area contributed by atoms with Gasteiger partial charge in [-0.05, 0) is 30.6 Å². The first-order chi connectivity index (χ1) is 7.29. The third-order valence-electron chi connectivity index (χ3n) is 2.61. The SMILES string of the molecule is CC(C)P(C1=CC=CC1)c1ccccc1. The van der Waals surface area contributed by atoms with Gasteiger partial charge < -0.3 is 0 Å². The van der Waals surface area contributed by atoms with Crippen LogP contribution in [0.3, 0.4) is 0 Å². The Labute approximate surface area is 93.5 Å². The van der Waals surface area contributed by atoms with Crippen LogP contribution in [0.5, 0.6) is 0 Å². The van der Waals surface area contributed by atoms with E-state index in [1.807, 2.05) is 0 Å². The summed E-state index contributed by atoms with van der Waals surface area (Å²) in [5.41, 5.74) is 0.730. The topological polar surface area (TPSA) is 0 Å². The summed E-state index contributed by atoms with van der Waals surface area (Å²) < 4.78 is 0. The lowest BCUT2D eigenvalue weighted by Crippen LogP contribution is -2.08. The summed E-state index contributed by atoms with van der Waals surface area (Å²) in [5, 5.41) is 3.13. The van der Waals surface area contributed by atoms with E-state index in [0.29, 0.717) is 0 Å². The van der Waals surface area contributed by atoms with Crippen molar-refractivity contribution >= 4 is 13.2 Å². The molecule has 0 bridgehead atoms. The fourth-order valence-electron chi connectivity index (χ4n) is 2.00. The molecule has 1 aliphatic carbocycles. The highest BCUT2D eigenvalue weighted by atomic mass is 31.1. The van der Waals surface area contributed by atoms with Crippen molar-refractivity contribution in [3.63, 3.8) is 0 Å². The van der Waals surface area contributed by atoms with E-state index in [2.05, 4.69) is 62.4 Å². The van der Waals surface area contributed by atoms with Crippen molar-refractivity contribution in [2.45, 2.75) is 25.9 Å². The molecule has 1 unspecified atom stereocenters. The molecule has 1 heteroatoms. The van der Waals surface area contributed by atoms with Gasteiger partial charge in [-0.2, -0.15) is 0 Å². The van der Waals surface area contributed by atoms with Crippen LogP contribution in [0.25, 0.3) is 0 Å². The van der Waals surface area contributed by atoms with Gasteiger partial charge in [0.2, 0.25) is 0 Å². The Morgan fingerprint density at radius 2 is 1.87 bits per heavy atom. The average Bonchev–Trinajstić information content (AvgIpc) is 2.72. The van der Waals surface area contributed by atoms with Gasteiger partial charge >= 0.3 is 0 Å². The standard InChI is InChI=1S/C14H17P/c1-12(2)15(14-10-6-7-11-14)13-8-4-3-5-9-13/h3-10,12H,11H2,1-2H3. The van der Waals surface area contributed by atoms with Gasteiger partial charge in [0, 0.05) is 0 Å². The maximum atomic E-state index is 2.33. The molecule has 0 N–H and O–H groups in total. The van der Waals surface area contributed by atoms with Crippen LogP contribution in [0, 0.1) is 0 Å². The van der Waals surface area contributed by atoms with E-state index < -0.39 is 0 Å². The van der Waals surface area contributed by atoms with Gasteiger partial charge in [-0.1, -0.05) is 62.4 Å². The van der Waals surface area contributed by atoms with Crippen molar-refractivity contribution < 1.29 is 0 Å². The smallest absolute Gasteiger partial charge is 0.00865 e. The molecule has 15 heavy (non-hydrogen) atoms. The number of allylic oxidation sites excluding steroid dienone is 4. The lowest BCUT2D eigenvalue weighted by Gasteiger charge is -2.23. The molecule has 0 saturated heterocycles. The Bertz CT molecular complexity index is 374. The maximum Gasteiger partial charge on any atom is -0.00865 e. The molecule has 0 saturated carbocycles. The van der Waals surface area contributed by atoms with E-state index in [9.17, 15) is 0 Å². The van der Waals surface area contributed by atoms with Gasteiger partial charge in [0.15, 0.2) is 0 Å². The molecule has 2 rings (SSSR count). The Balaban J connectivity index is 2.28. The van der Waals surface area contributed by atoms with E-state index in [1.54, 1.807) is 5.31 Å². The summed E-state index contributed by atoms with van der Waals surface area (Å²) in [4.78, 5) is 0. The Morgan fingerprint density at radius 3 is 2.40 bits per heavy atom. The van der Waals surface area contributed by atoms with Crippen molar-refractivity contribution in [3.8, 4) is 0 Å². The van der Waals surface area contributed by atoms with Crippen LogP contribution in [-0.4, -0.2) is 5.66 Å². The molecule has 1 atom stereocenters. The highest BCUT2D eigenvalue weighted by Gasteiger charge is 2.19. The van der Waals surface area contributed by atoms with Crippen molar-refractivity contribution in [2.75, 3.05) is 0 Å². The van der Waals surface area contributed by atoms with Crippen molar-refractivity contribution in [1.82, 2.24) is 0 Å². The van der Waals surface area contributed by atoms with E-state index in [4.69, 9.17) is 0 Å². The molecule has 0 fully saturated rings. The summed E-state index contributed by atoms with van der Waals surface area (Å²) in [7, 11) is -0.117. The largest absolute Gasteiger partial charge is 0.0801 e. The minimum absolute atomic E-state index is 0.117. The second-order valence-electron chi connectivity index (χ2n) is 4.09. The Hall–Kier alpha value is -0.870. The van der Waals surface area contributed by atoms with Gasteiger partial charge in [-0.3, -0.25) is 0 Å². The predicted octanol–water partition coefficient (Wildman–Crippen LogP) is 4.05. The van der Waals surface area contributed by atoms with Gasteiger partial charge in [0.25, 0.3) is 0 Å². The third-order valence-corrected chi connectivity index (χ3v) is 5.45. The molecular formula is C14H17P. The predicted molar refractivity (Wildman–Crippen MR) is 70.0 cm³/mol. The zero-order valence-corrected chi connectivity index (χ0v) is 10.2. The van der Waals surface area contributed by atoms with Crippen LogP contribution in [0.15, 0.2) is 53.9 Å². The molecule has 0 amide bonds. The zero-order valence-electron chi connectivity index (χ0n) is 9.35. The fourth-order valence-corrected chi connectivity index (χ4v) is 4.63. The molecule has 0 spiro atoms. The highest BCUT2D eigenvalue weighted by Crippen LogP contribution is 2.50. The van der Waals surface area contributed by atoms with Crippen molar-refractivity contribution in [2.24, 2.45) is 0 Å². The zero-order chi connectivity index (χ0) is 10.7. The second-order valence-corrected chi connectivity index (χ2v) is 6.95. The average molecular weight is 216 g/mol. The van der Waals surface area contributed by atoms with E-state index >= 15 is 0 Å². The molecule has 0 aliphatic heterocycles. The van der Waals surface area contributed by atoms with Gasteiger partial charge in [0.1, 0.15) is 0 Å². The minimum atomic E-state index is -0.117. The lowest BCUT2D eigenvalue weighted by atomic mass is 10.4. The van der Waals surface area contributed by atoms with E-state index in [-0.39, 0.29) is 7.92 Å². The quantitative estimate of drug-likeness (QED) is 0.669. The lowest BCUT2D eigenvalue weighted by molar-refractivity contribution is 1.09. The van der Waals surface area contributed by atoms with Crippen LogP contribution < -0.4 is 5.30 Å². The van der Waals surface area contributed by atoms with Crippen molar-refractivity contribution in [1.29, 1.82) is 0 Å². The number of benzene rings is 1. The summed E-state index contributed by atoms with van der Waals surface area (Å²) in [5.74, 6) is 0. The van der Waals surface area contributed by atoms with Crippen molar-refractivity contribution in [3.05, 3.63) is 53.9 Å². The molecule has 0 radical (unpaired) electrons.